The van der Waals surface area contributed by atoms with E-state index in [1.54, 1.807) is 13.0 Å². The molecule has 0 bridgehead atoms. The van der Waals surface area contributed by atoms with Gasteiger partial charge >= 0.3 is 0 Å². The molecule has 0 aliphatic rings. The molecule has 1 aromatic carbocycles. The number of aryl methyl sites for hydroxylation is 1. The Kier molecular flexibility index (Phi) is 3.24. The Hall–Kier alpha value is -0.930. The molecule has 1 rings (SSSR count). The van der Waals surface area contributed by atoms with Crippen molar-refractivity contribution in [3.8, 4) is 0 Å². The first-order valence-electron chi connectivity index (χ1n) is 3.95. The van der Waals surface area contributed by atoms with Crippen molar-refractivity contribution in [1.82, 2.24) is 0 Å². The van der Waals surface area contributed by atoms with Crippen LogP contribution in [0.3, 0.4) is 0 Å². The average Bonchev–Trinajstić information content (AvgIpc) is 2.09. The van der Waals surface area contributed by atoms with E-state index in [1.165, 1.54) is 6.92 Å². The summed E-state index contributed by atoms with van der Waals surface area (Å²) in [5.41, 5.74) is 7.29. The molecule has 0 radical (unpaired) electrons. The third-order valence-corrected chi connectivity index (χ3v) is 2.61. The molecule has 0 atom stereocenters. The monoisotopic (exact) mass is 232 g/mol. The highest BCUT2D eigenvalue weighted by atomic mass is 35.5. The number of carbonyl (C=O) groups excluding carboxylic acids is 1. The van der Waals surface area contributed by atoms with Gasteiger partial charge in [0.15, 0.2) is 0 Å². The number of hydrogen-bond donors (Lipinski definition) is 2. The van der Waals surface area contributed by atoms with Crippen LogP contribution in [-0.2, 0) is 4.79 Å². The standard InChI is InChI=1S/C9H10Cl2N2O/c1-4-3-6(12)7(10)8(11)9(4)13-5(2)14/h3H,12H2,1-2H3,(H,13,14). The molecule has 3 N–H and O–H groups in total. The summed E-state index contributed by atoms with van der Waals surface area (Å²) in [6.07, 6.45) is 0. The second kappa shape index (κ2) is 4.07. The number of halogens is 2. The van der Waals surface area contributed by atoms with Gasteiger partial charge in [-0.2, -0.15) is 0 Å². The van der Waals surface area contributed by atoms with Gasteiger partial charge < -0.3 is 11.1 Å². The van der Waals surface area contributed by atoms with Crippen LogP contribution < -0.4 is 11.1 Å². The Morgan fingerprint density at radius 1 is 1.43 bits per heavy atom. The van der Waals surface area contributed by atoms with E-state index < -0.39 is 0 Å². The minimum atomic E-state index is -0.198. The van der Waals surface area contributed by atoms with Gasteiger partial charge in [-0.15, -0.1) is 0 Å². The summed E-state index contributed by atoms with van der Waals surface area (Å²) in [5.74, 6) is -0.198. The van der Waals surface area contributed by atoms with Crippen LogP contribution in [-0.4, -0.2) is 5.91 Å². The maximum Gasteiger partial charge on any atom is 0.221 e. The number of nitrogens with one attached hydrogen (secondary N) is 1. The Morgan fingerprint density at radius 3 is 2.50 bits per heavy atom. The summed E-state index contributed by atoms with van der Waals surface area (Å²) in [7, 11) is 0. The molecule has 0 fully saturated rings. The fourth-order valence-electron chi connectivity index (χ4n) is 1.11. The van der Waals surface area contributed by atoms with Crippen molar-refractivity contribution < 1.29 is 4.79 Å². The minimum absolute atomic E-state index is 0.198. The van der Waals surface area contributed by atoms with Crippen molar-refractivity contribution in [3.63, 3.8) is 0 Å². The molecule has 14 heavy (non-hydrogen) atoms. The predicted octanol–water partition coefficient (Wildman–Crippen LogP) is 2.84. The van der Waals surface area contributed by atoms with Gasteiger partial charge in [-0.3, -0.25) is 4.79 Å². The summed E-state index contributed by atoms with van der Waals surface area (Å²) in [5, 5.41) is 3.14. The molecule has 0 aliphatic carbocycles. The number of nitrogens with two attached hydrogens (primary N) is 1. The lowest BCUT2D eigenvalue weighted by atomic mass is 10.1. The maximum absolute atomic E-state index is 10.9. The third-order valence-electron chi connectivity index (χ3n) is 1.73. The van der Waals surface area contributed by atoms with E-state index in [9.17, 15) is 4.79 Å². The van der Waals surface area contributed by atoms with Crippen LogP contribution in [0.4, 0.5) is 11.4 Å². The van der Waals surface area contributed by atoms with Crippen LogP contribution in [0.15, 0.2) is 6.07 Å². The predicted molar refractivity (Wildman–Crippen MR) is 59.9 cm³/mol. The first kappa shape index (κ1) is 11.1. The zero-order valence-electron chi connectivity index (χ0n) is 7.82. The van der Waals surface area contributed by atoms with E-state index in [0.717, 1.165) is 5.56 Å². The molecular formula is C9H10Cl2N2O. The van der Waals surface area contributed by atoms with Gasteiger partial charge in [0, 0.05) is 6.92 Å². The van der Waals surface area contributed by atoms with Crippen LogP contribution in [0.1, 0.15) is 12.5 Å². The molecule has 0 aromatic heterocycles. The van der Waals surface area contributed by atoms with Gasteiger partial charge in [-0.05, 0) is 18.6 Å². The molecule has 1 amide bonds. The number of nitrogen functional groups attached to an aromatic ring is 1. The highest BCUT2D eigenvalue weighted by Crippen LogP contribution is 2.37. The van der Waals surface area contributed by atoms with Crippen LogP contribution in [0.2, 0.25) is 10.0 Å². The Balaban J connectivity index is 3.29. The van der Waals surface area contributed by atoms with Gasteiger partial charge in [-0.25, -0.2) is 0 Å². The highest BCUT2D eigenvalue weighted by Gasteiger charge is 2.12. The molecule has 3 nitrogen and oxygen atoms in total. The summed E-state index contributed by atoms with van der Waals surface area (Å²) >= 11 is 11.8. The maximum atomic E-state index is 10.9. The van der Waals surface area contributed by atoms with E-state index >= 15 is 0 Å². The zero-order chi connectivity index (χ0) is 10.9. The lowest BCUT2D eigenvalue weighted by molar-refractivity contribution is -0.114. The third kappa shape index (κ3) is 2.11. The SMILES string of the molecule is CC(=O)Nc1c(C)cc(N)c(Cl)c1Cl. The summed E-state index contributed by atoms with van der Waals surface area (Å²) in [6, 6.07) is 1.67. The van der Waals surface area contributed by atoms with E-state index in [2.05, 4.69) is 5.32 Å². The smallest absolute Gasteiger partial charge is 0.221 e. The Morgan fingerprint density at radius 2 is 2.00 bits per heavy atom. The van der Waals surface area contributed by atoms with E-state index in [-0.39, 0.29) is 16.0 Å². The van der Waals surface area contributed by atoms with Crippen LogP contribution in [0.25, 0.3) is 0 Å². The molecule has 0 aliphatic heterocycles. The fourth-order valence-corrected chi connectivity index (χ4v) is 1.56. The van der Waals surface area contributed by atoms with Crippen molar-refractivity contribution in [2.45, 2.75) is 13.8 Å². The number of rotatable bonds is 1. The molecule has 76 valence electrons. The lowest BCUT2D eigenvalue weighted by Crippen LogP contribution is -2.08. The van der Waals surface area contributed by atoms with E-state index in [4.69, 9.17) is 28.9 Å². The second-order valence-corrected chi connectivity index (χ2v) is 3.72. The van der Waals surface area contributed by atoms with Crippen LogP contribution in [0.5, 0.6) is 0 Å². The molecule has 0 saturated heterocycles. The lowest BCUT2D eigenvalue weighted by Gasteiger charge is -2.11. The number of carbonyl (C=O) groups is 1. The van der Waals surface area contributed by atoms with Gasteiger partial charge in [0.1, 0.15) is 0 Å². The molecular weight excluding hydrogens is 223 g/mol. The molecule has 1 aromatic rings. The topological polar surface area (TPSA) is 55.1 Å². The number of benzene rings is 1. The minimum Gasteiger partial charge on any atom is -0.397 e. The van der Waals surface area contributed by atoms with Gasteiger partial charge in [0.2, 0.25) is 5.91 Å². The average molecular weight is 233 g/mol. The van der Waals surface area contributed by atoms with Gasteiger partial charge in [0.25, 0.3) is 0 Å². The summed E-state index contributed by atoms with van der Waals surface area (Å²) in [6.45, 7) is 3.20. The van der Waals surface area contributed by atoms with Crippen LogP contribution >= 0.6 is 23.2 Å². The zero-order valence-corrected chi connectivity index (χ0v) is 9.33. The van der Waals surface area contributed by atoms with Crippen molar-refractivity contribution in [2.75, 3.05) is 11.1 Å². The van der Waals surface area contributed by atoms with E-state index in [0.29, 0.717) is 11.4 Å². The largest absolute Gasteiger partial charge is 0.397 e. The summed E-state index contributed by atoms with van der Waals surface area (Å²) in [4.78, 5) is 10.9. The van der Waals surface area contributed by atoms with E-state index in [1.807, 2.05) is 0 Å². The molecule has 0 unspecified atom stereocenters. The van der Waals surface area contributed by atoms with Crippen LogP contribution in [0, 0.1) is 6.92 Å². The van der Waals surface area contributed by atoms with Crippen molar-refractivity contribution in [3.05, 3.63) is 21.7 Å². The molecule has 0 spiro atoms. The van der Waals surface area contributed by atoms with Crippen molar-refractivity contribution >= 4 is 40.5 Å². The van der Waals surface area contributed by atoms with Crippen molar-refractivity contribution in [1.29, 1.82) is 0 Å². The Bertz CT molecular complexity index is 391. The second-order valence-electron chi connectivity index (χ2n) is 2.97. The number of hydrogen-bond acceptors (Lipinski definition) is 2. The molecule has 0 saturated carbocycles. The fraction of sp³-hybridized carbons (Fsp3) is 0.222. The summed E-state index contributed by atoms with van der Waals surface area (Å²) < 4.78 is 0. The quantitative estimate of drug-likeness (QED) is 0.732. The molecule has 5 heteroatoms. The van der Waals surface area contributed by atoms with Crippen molar-refractivity contribution in [2.24, 2.45) is 0 Å². The number of amides is 1. The molecule has 0 heterocycles. The van der Waals surface area contributed by atoms with Gasteiger partial charge in [-0.1, -0.05) is 23.2 Å². The first-order chi connectivity index (χ1) is 6.43. The first-order valence-corrected chi connectivity index (χ1v) is 4.70. The highest BCUT2D eigenvalue weighted by molar-refractivity contribution is 6.45. The normalized spacial score (nSPS) is 10.0. The van der Waals surface area contributed by atoms with Gasteiger partial charge in [0.05, 0.1) is 21.4 Å². The Labute approximate surface area is 92.2 Å². The number of anilines is 2.